The first kappa shape index (κ1) is 12.5. The lowest BCUT2D eigenvalue weighted by Crippen LogP contribution is -2.04. The Balaban J connectivity index is 2.65. The van der Waals surface area contributed by atoms with Crippen LogP contribution >= 0.6 is 28.1 Å². The van der Waals surface area contributed by atoms with Gasteiger partial charge in [0.05, 0.1) is 0 Å². The van der Waals surface area contributed by atoms with Crippen LogP contribution in [0.1, 0.15) is 25.5 Å². The topological polar surface area (TPSA) is 33.6 Å². The summed E-state index contributed by atoms with van der Waals surface area (Å²) >= 11 is 8.72. The van der Waals surface area contributed by atoms with Gasteiger partial charge in [0, 0.05) is 16.1 Å². The van der Waals surface area contributed by atoms with Crippen LogP contribution in [-0.2, 0) is 0 Å². The molecule has 1 aromatic heterocycles. The second kappa shape index (κ2) is 4.74. The van der Waals surface area contributed by atoms with Gasteiger partial charge in [-0.15, -0.1) is 0 Å². The molecule has 0 aliphatic carbocycles. The molecule has 0 saturated carbocycles. The third-order valence-electron chi connectivity index (χ3n) is 2.65. The molecule has 0 atom stereocenters. The molecule has 0 saturated heterocycles. The Morgan fingerprint density at radius 1 is 1.41 bits per heavy atom. The number of benzene rings is 1. The molecule has 3 nitrogen and oxygen atoms in total. The zero-order valence-corrected chi connectivity index (χ0v) is 12.4. The van der Waals surface area contributed by atoms with Crippen LogP contribution in [0.25, 0.3) is 11.4 Å². The number of hydrogen-bond donors (Lipinski definition) is 1. The Bertz CT molecular complexity index is 598. The van der Waals surface area contributed by atoms with E-state index in [1.807, 2.05) is 10.6 Å². The summed E-state index contributed by atoms with van der Waals surface area (Å²) in [6, 6.07) is 6.45. The van der Waals surface area contributed by atoms with Crippen molar-refractivity contribution < 1.29 is 0 Å². The molecule has 17 heavy (non-hydrogen) atoms. The van der Waals surface area contributed by atoms with Gasteiger partial charge in [0.2, 0.25) is 0 Å². The smallest absolute Gasteiger partial charge is 0.195 e. The van der Waals surface area contributed by atoms with Crippen molar-refractivity contribution in [3.63, 3.8) is 0 Å². The van der Waals surface area contributed by atoms with E-state index < -0.39 is 0 Å². The summed E-state index contributed by atoms with van der Waals surface area (Å²) in [5.41, 5.74) is 2.28. The van der Waals surface area contributed by atoms with Crippen LogP contribution in [0.5, 0.6) is 0 Å². The molecule has 0 spiro atoms. The summed E-state index contributed by atoms with van der Waals surface area (Å²) in [6.07, 6.45) is 0. The lowest BCUT2D eigenvalue weighted by atomic mass is 10.1. The molecule has 1 heterocycles. The van der Waals surface area contributed by atoms with E-state index >= 15 is 0 Å². The summed E-state index contributed by atoms with van der Waals surface area (Å²) < 4.78 is 3.77. The Morgan fingerprint density at radius 3 is 2.71 bits per heavy atom. The fourth-order valence-corrected chi connectivity index (χ4v) is 2.67. The lowest BCUT2D eigenvalue weighted by Gasteiger charge is -2.12. The molecule has 90 valence electrons. The van der Waals surface area contributed by atoms with E-state index in [1.165, 1.54) is 5.56 Å². The van der Waals surface area contributed by atoms with Crippen LogP contribution in [0.15, 0.2) is 22.7 Å². The largest absolute Gasteiger partial charge is 0.298 e. The van der Waals surface area contributed by atoms with Gasteiger partial charge in [0.15, 0.2) is 10.6 Å². The maximum atomic E-state index is 5.25. The van der Waals surface area contributed by atoms with Crippen LogP contribution in [0, 0.1) is 11.7 Å². The first-order chi connectivity index (χ1) is 8.00. The zero-order valence-electron chi connectivity index (χ0n) is 9.99. The molecular formula is C12H14BrN3S. The molecule has 5 heteroatoms. The molecule has 0 aliphatic heterocycles. The highest BCUT2D eigenvalue weighted by atomic mass is 79.9. The standard InChI is InChI=1S/C12H14BrN3S/c1-7(2)16-11(14-15-12(16)17)10-5-4-9(13)6-8(10)3/h4-7H,1-3H3,(H,15,17). The number of aromatic nitrogens is 3. The molecule has 2 rings (SSSR count). The van der Waals surface area contributed by atoms with Gasteiger partial charge >= 0.3 is 0 Å². The first-order valence-electron chi connectivity index (χ1n) is 5.44. The highest BCUT2D eigenvalue weighted by Gasteiger charge is 2.13. The predicted molar refractivity (Wildman–Crippen MR) is 75.7 cm³/mol. The number of hydrogen-bond acceptors (Lipinski definition) is 2. The number of nitrogens with zero attached hydrogens (tertiary/aromatic N) is 2. The number of rotatable bonds is 2. The van der Waals surface area contributed by atoms with E-state index in [2.05, 4.69) is 59.0 Å². The monoisotopic (exact) mass is 311 g/mol. The SMILES string of the molecule is Cc1cc(Br)ccc1-c1n[nH]c(=S)n1C(C)C. The van der Waals surface area contributed by atoms with Crippen molar-refractivity contribution >= 4 is 28.1 Å². The lowest BCUT2D eigenvalue weighted by molar-refractivity contribution is 0.597. The highest BCUT2D eigenvalue weighted by molar-refractivity contribution is 9.10. The third-order valence-corrected chi connectivity index (χ3v) is 3.43. The van der Waals surface area contributed by atoms with E-state index in [0.717, 1.165) is 15.9 Å². The van der Waals surface area contributed by atoms with E-state index in [4.69, 9.17) is 12.2 Å². The number of nitrogens with one attached hydrogen (secondary N) is 1. The molecule has 0 fully saturated rings. The molecule has 0 aliphatic rings. The minimum absolute atomic E-state index is 0.291. The summed E-state index contributed by atoms with van der Waals surface area (Å²) in [5.74, 6) is 0.898. The minimum Gasteiger partial charge on any atom is -0.298 e. The predicted octanol–water partition coefficient (Wildman–Crippen LogP) is 4.26. The molecule has 0 radical (unpaired) electrons. The maximum Gasteiger partial charge on any atom is 0.195 e. The number of aryl methyl sites for hydroxylation is 1. The second-order valence-electron chi connectivity index (χ2n) is 4.28. The fourth-order valence-electron chi connectivity index (χ4n) is 1.85. The maximum absolute atomic E-state index is 5.25. The number of aromatic amines is 1. The molecule has 2 aromatic rings. The van der Waals surface area contributed by atoms with Gasteiger partial charge in [-0.1, -0.05) is 15.9 Å². The highest BCUT2D eigenvalue weighted by Crippen LogP contribution is 2.26. The van der Waals surface area contributed by atoms with Gasteiger partial charge in [-0.25, -0.2) is 0 Å². The van der Waals surface area contributed by atoms with Crippen molar-refractivity contribution in [2.75, 3.05) is 0 Å². The Labute approximate surface area is 114 Å². The van der Waals surface area contributed by atoms with Gasteiger partial charge in [-0.2, -0.15) is 5.10 Å². The molecular weight excluding hydrogens is 298 g/mol. The normalized spacial score (nSPS) is 11.1. The van der Waals surface area contributed by atoms with Crippen molar-refractivity contribution in [2.24, 2.45) is 0 Å². The van der Waals surface area contributed by atoms with Crippen LogP contribution in [0.2, 0.25) is 0 Å². The average Bonchev–Trinajstić information content (AvgIpc) is 2.60. The Kier molecular flexibility index (Phi) is 3.49. The van der Waals surface area contributed by atoms with Crippen LogP contribution in [0.3, 0.4) is 0 Å². The van der Waals surface area contributed by atoms with Crippen molar-refractivity contribution in [1.82, 2.24) is 14.8 Å². The van der Waals surface area contributed by atoms with Crippen molar-refractivity contribution in [3.8, 4) is 11.4 Å². The molecule has 1 N–H and O–H groups in total. The molecule has 0 unspecified atom stereocenters. The van der Waals surface area contributed by atoms with Gasteiger partial charge < -0.3 is 0 Å². The number of halogens is 1. The Morgan fingerprint density at radius 2 is 2.12 bits per heavy atom. The minimum atomic E-state index is 0.291. The summed E-state index contributed by atoms with van der Waals surface area (Å²) in [5, 5.41) is 7.19. The van der Waals surface area contributed by atoms with Crippen LogP contribution in [0.4, 0.5) is 0 Å². The van der Waals surface area contributed by atoms with Crippen LogP contribution < -0.4 is 0 Å². The Hall–Kier alpha value is -0.940. The van der Waals surface area contributed by atoms with Gasteiger partial charge in [-0.05, 0) is 56.8 Å². The van der Waals surface area contributed by atoms with E-state index in [1.54, 1.807) is 0 Å². The van der Waals surface area contributed by atoms with E-state index in [9.17, 15) is 0 Å². The summed E-state index contributed by atoms with van der Waals surface area (Å²) in [7, 11) is 0. The van der Waals surface area contributed by atoms with Crippen LogP contribution in [-0.4, -0.2) is 14.8 Å². The first-order valence-corrected chi connectivity index (χ1v) is 6.64. The quantitative estimate of drug-likeness (QED) is 0.841. The van der Waals surface area contributed by atoms with E-state index in [-0.39, 0.29) is 0 Å². The summed E-state index contributed by atoms with van der Waals surface area (Å²) in [6.45, 7) is 6.27. The second-order valence-corrected chi connectivity index (χ2v) is 5.58. The average molecular weight is 312 g/mol. The van der Waals surface area contributed by atoms with Crippen molar-refractivity contribution in [2.45, 2.75) is 26.8 Å². The van der Waals surface area contributed by atoms with Gasteiger partial charge in [-0.3, -0.25) is 9.67 Å². The summed E-state index contributed by atoms with van der Waals surface area (Å²) in [4.78, 5) is 0. The third kappa shape index (κ3) is 2.35. The van der Waals surface area contributed by atoms with E-state index in [0.29, 0.717) is 10.8 Å². The molecule has 0 bridgehead atoms. The van der Waals surface area contributed by atoms with Crippen molar-refractivity contribution in [3.05, 3.63) is 33.0 Å². The van der Waals surface area contributed by atoms with Gasteiger partial charge in [0.1, 0.15) is 0 Å². The van der Waals surface area contributed by atoms with Crippen molar-refractivity contribution in [1.29, 1.82) is 0 Å². The molecule has 0 amide bonds. The zero-order chi connectivity index (χ0) is 12.6. The molecule has 1 aromatic carbocycles. The number of H-pyrrole nitrogens is 1. The van der Waals surface area contributed by atoms with Gasteiger partial charge in [0.25, 0.3) is 0 Å². The fraction of sp³-hybridized carbons (Fsp3) is 0.333.